The number of rotatable bonds is 7. The zero-order valence-corrected chi connectivity index (χ0v) is 27.8. The predicted molar refractivity (Wildman–Crippen MR) is 172 cm³/mol. The summed E-state index contributed by atoms with van der Waals surface area (Å²) in [6, 6.07) is 7.45. The number of fused-ring (bicyclic) bond motifs is 2. The van der Waals surface area contributed by atoms with Crippen molar-refractivity contribution in [3.63, 3.8) is 0 Å². The highest BCUT2D eigenvalue weighted by molar-refractivity contribution is 7.18. The van der Waals surface area contributed by atoms with Gasteiger partial charge in [-0.3, -0.25) is 29.4 Å². The first-order valence-corrected chi connectivity index (χ1v) is 16.4. The number of hydrogen-bond acceptors (Lipinski definition) is 7. The van der Waals surface area contributed by atoms with Gasteiger partial charge in [0.2, 0.25) is 17.4 Å². The molecule has 6 amide bonds. The smallest absolute Gasteiger partial charge is 0.490 e. The molecule has 1 aromatic heterocycles. The highest BCUT2D eigenvalue weighted by Gasteiger charge is 2.58. The number of imide groups is 2. The molecule has 2 atom stereocenters. The number of carbonyl (C=O) groups excluding carboxylic acids is 5. The number of carbonyl (C=O) groups is 5. The number of urea groups is 1. The molecule has 11 nitrogen and oxygen atoms in total. The molecule has 1 unspecified atom stereocenters. The summed E-state index contributed by atoms with van der Waals surface area (Å²) in [7, 11) is 3.70. The van der Waals surface area contributed by atoms with Gasteiger partial charge in [-0.05, 0) is 54.2 Å². The van der Waals surface area contributed by atoms with Gasteiger partial charge in [-0.2, -0.15) is 13.9 Å². The van der Waals surface area contributed by atoms with Gasteiger partial charge in [-0.15, -0.1) is 0 Å². The molecule has 3 aromatic rings. The minimum absolute atomic E-state index is 0.0397. The van der Waals surface area contributed by atoms with Gasteiger partial charge in [0.15, 0.2) is 5.75 Å². The van der Waals surface area contributed by atoms with Crippen molar-refractivity contribution in [3.8, 4) is 5.75 Å². The first-order valence-electron chi connectivity index (χ1n) is 15.6. The number of aromatic nitrogens is 1. The van der Waals surface area contributed by atoms with E-state index >= 15 is 0 Å². The number of nitrogens with one attached hydrogen (secondary N) is 2. The number of ether oxygens (including phenoxy) is 1. The normalized spacial score (nSPS) is 21.2. The lowest BCUT2D eigenvalue weighted by atomic mass is 9.75. The predicted octanol–water partition coefficient (Wildman–Crippen LogP) is 4.44. The van der Waals surface area contributed by atoms with Crippen LogP contribution in [0.4, 0.5) is 10.5 Å². The molecule has 4 heterocycles. The lowest BCUT2D eigenvalue weighted by Gasteiger charge is -2.38. The largest absolute Gasteiger partial charge is 0.496 e. The fourth-order valence-corrected chi connectivity index (χ4v) is 8.45. The molecule has 46 heavy (non-hydrogen) atoms. The van der Waals surface area contributed by atoms with E-state index in [-0.39, 0.29) is 35.4 Å². The molecule has 240 valence electrons. The number of piperidine rings is 1. The minimum Gasteiger partial charge on any atom is -0.490 e. The van der Waals surface area contributed by atoms with Gasteiger partial charge in [-0.1, -0.05) is 45.5 Å². The first kappa shape index (κ1) is 31.5. The molecule has 1 saturated heterocycles. The third kappa shape index (κ3) is 5.18. The molecule has 0 saturated carbocycles. The van der Waals surface area contributed by atoms with E-state index in [0.717, 1.165) is 38.7 Å². The number of benzene rings is 2. The molecule has 0 aliphatic carbocycles. The molecule has 0 spiro atoms. The second-order valence-corrected chi connectivity index (χ2v) is 14.6. The van der Waals surface area contributed by atoms with E-state index in [1.807, 2.05) is 13.3 Å². The molecule has 12 heteroatoms. The van der Waals surface area contributed by atoms with Crippen LogP contribution in [0.1, 0.15) is 91.1 Å². The second-order valence-electron chi connectivity index (χ2n) is 13.5. The van der Waals surface area contributed by atoms with Crippen LogP contribution in [0.5, 0.6) is 5.75 Å². The van der Waals surface area contributed by atoms with Gasteiger partial charge < -0.3 is 4.74 Å². The Kier molecular flexibility index (Phi) is 7.82. The molecule has 2 N–H and O–H groups in total. The van der Waals surface area contributed by atoms with Crippen molar-refractivity contribution in [2.24, 2.45) is 12.5 Å². The van der Waals surface area contributed by atoms with Crippen LogP contribution < -0.4 is 19.9 Å². The van der Waals surface area contributed by atoms with E-state index in [2.05, 4.69) is 55.0 Å². The summed E-state index contributed by atoms with van der Waals surface area (Å²) in [4.78, 5) is 65.5. The topological polar surface area (TPSA) is 129 Å². The Morgan fingerprint density at radius 1 is 1.13 bits per heavy atom. The maximum absolute atomic E-state index is 14.0. The van der Waals surface area contributed by atoms with Crippen LogP contribution in [-0.2, 0) is 28.6 Å². The van der Waals surface area contributed by atoms with E-state index in [1.165, 1.54) is 17.7 Å². The molecule has 0 bridgehead atoms. The summed E-state index contributed by atoms with van der Waals surface area (Å²) in [5.41, 5.74) is 2.07. The maximum atomic E-state index is 14.0. The lowest BCUT2D eigenvalue weighted by Crippen LogP contribution is -2.58. The van der Waals surface area contributed by atoms with Gasteiger partial charge in [0, 0.05) is 12.8 Å². The number of aryl methyl sites for hydroxylation is 2. The molecule has 0 radical (unpaired) electrons. The minimum atomic E-state index is -1.06. The Morgan fingerprint density at radius 2 is 1.87 bits per heavy atom. The van der Waals surface area contributed by atoms with Crippen LogP contribution in [0.3, 0.4) is 0 Å². The monoisotopic (exact) mass is 645 g/mol. The van der Waals surface area contributed by atoms with Crippen molar-refractivity contribution >= 4 is 63.1 Å². The first-order chi connectivity index (χ1) is 21.8. The van der Waals surface area contributed by atoms with Gasteiger partial charge in [0.25, 0.3) is 22.3 Å². The van der Waals surface area contributed by atoms with Gasteiger partial charge in [-0.25, -0.2) is 5.32 Å². The van der Waals surface area contributed by atoms with E-state index < -0.39 is 35.2 Å². The highest BCUT2D eigenvalue weighted by Crippen LogP contribution is 2.46. The number of thiazole rings is 1. The van der Waals surface area contributed by atoms with Crippen LogP contribution in [0, 0.1) is 5.41 Å². The Bertz CT molecular complexity index is 1870. The number of anilines is 1. The zero-order chi connectivity index (χ0) is 33.1. The summed E-state index contributed by atoms with van der Waals surface area (Å²) < 4.78 is 10.8. The molecule has 3 aliphatic rings. The van der Waals surface area contributed by atoms with Crippen LogP contribution in [-0.4, -0.2) is 58.5 Å². The zero-order valence-electron chi connectivity index (χ0n) is 27.0. The number of methoxy groups -OCH3 is 1. The second kappa shape index (κ2) is 11.4. The van der Waals surface area contributed by atoms with E-state index in [1.54, 1.807) is 29.1 Å². The number of hydrogen-bond donors (Lipinski definition) is 2. The van der Waals surface area contributed by atoms with Crippen molar-refractivity contribution in [2.75, 3.05) is 12.4 Å². The Labute approximate surface area is 271 Å². The third-order valence-corrected chi connectivity index (χ3v) is 10.3. The van der Waals surface area contributed by atoms with Crippen LogP contribution in [0.15, 0.2) is 30.3 Å². The average Bonchev–Trinajstić information content (AvgIpc) is 3.43. The van der Waals surface area contributed by atoms with Crippen LogP contribution >= 0.6 is 11.3 Å². The molecule has 2 aromatic carbocycles. The fraction of sp³-hybridized carbons (Fsp3) is 0.441. The standard InChI is InChI=1S/C34H37N5O6S/c1-7-8-19-15-24(45-6)27-25(16-19)46-31(37(27)5)34(18-33(2,3)4)13-14-38(34)32(44)35-20-9-10-21-22(17-20)30(43)39(29(21)42)23-11-12-26(40)36-28(23)41/h9-10,14-17,23H,7-8,11-13,18H2,1-6H3/p+2/t23?,34-/m1/s1. The third-order valence-electron chi connectivity index (χ3n) is 8.91. The summed E-state index contributed by atoms with van der Waals surface area (Å²) >= 11 is 1.68. The number of amides is 6. The maximum Gasteiger partial charge on any atom is 0.496 e. The number of nitrogens with zero attached hydrogens (tertiary/aromatic N) is 3. The van der Waals surface area contributed by atoms with Crippen LogP contribution in [0.2, 0.25) is 0 Å². The molecule has 1 fully saturated rings. The molecular weight excluding hydrogens is 606 g/mol. The summed E-state index contributed by atoms with van der Waals surface area (Å²) in [6.07, 6.45) is 5.33. The van der Waals surface area contributed by atoms with E-state index in [0.29, 0.717) is 18.5 Å². The van der Waals surface area contributed by atoms with E-state index in [4.69, 9.17) is 4.74 Å². The molecular formula is C34H39N5O6S+2. The lowest BCUT2D eigenvalue weighted by molar-refractivity contribution is -0.685. The van der Waals surface area contributed by atoms with Crippen LogP contribution in [0.25, 0.3) is 10.2 Å². The van der Waals surface area contributed by atoms with Gasteiger partial charge in [0.1, 0.15) is 23.5 Å². The molecule has 3 aliphatic heterocycles. The Balaban J connectivity index is 1.31. The highest BCUT2D eigenvalue weighted by atomic mass is 32.1. The van der Waals surface area contributed by atoms with Crippen molar-refractivity contribution in [3.05, 3.63) is 52.0 Å². The Hall–Kier alpha value is -4.45. The quantitative estimate of drug-likeness (QED) is 0.289. The molecule has 6 rings (SSSR count). The Morgan fingerprint density at radius 3 is 2.50 bits per heavy atom. The van der Waals surface area contributed by atoms with Gasteiger partial charge in [0.05, 0.1) is 30.9 Å². The summed E-state index contributed by atoms with van der Waals surface area (Å²) in [5, 5.41) is 6.19. The van der Waals surface area contributed by atoms with E-state index in [9.17, 15) is 24.0 Å². The SMILES string of the molecule is CCCc1cc(OC)c2c(c1)sc([C@]1(CC(C)(C)C)CC=[N+]1C(=O)Nc1ccc3c(c1)C(=O)N(C1CCC(=O)NC1=O)C3=O)[n+]2C. The average molecular weight is 646 g/mol. The van der Waals surface area contributed by atoms with Crippen molar-refractivity contribution in [1.29, 1.82) is 0 Å². The van der Waals surface area contributed by atoms with Gasteiger partial charge >= 0.3 is 6.03 Å². The summed E-state index contributed by atoms with van der Waals surface area (Å²) in [6.45, 7) is 8.63. The van der Waals surface area contributed by atoms with Crippen molar-refractivity contribution in [1.82, 2.24) is 10.2 Å². The van der Waals surface area contributed by atoms with Crippen molar-refractivity contribution in [2.45, 2.75) is 77.8 Å². The fourth-order valence-electron chi connectivity index (χ4n) is 7.03. The van der Waals surface area contributed by atoms with Crippen molar-refractivity contribution < 1.29 is 37.9 Å². The summed E-state index contributed by atoms with van der Waals surface area (Å²) in [5.74, 6) is -1.52.